The lowest BCUT2D eigenvalue weighted by Crippen LogP contribution is -2.50. The summed E-state index contributed by atoms with van der Waals surface area (Å²) in [6.07, 6.45) is 6.63. The third-order valence-electron chi connectivity index (χ3n) is 6.64. The third-order valence-corrected chi connectivity index (χ3v) is 8.35. The van der Waals surface area contributed by atoms with Gasteiger partial charge in [0.05, 0.1) is 12.2 Å². The minimum absolute atomic E-state index is 0.0861. The van der Waals surface area contributed by atoms with E-state index in [-0.39, 0.29) is 52.5 Å². The summed E-state index contributed by atoms with van der Waals surface area (Å²) in [5, 5.41) is 8.01. The lowest BCUT2D eigenvalue weighted by atomic mass is 9.95. The molecule has 1 atom stereocenters. The predicted molar refractivity (Wildman–Crippen MR) is 151 cm³/mol. The first-order valence-corrected chi connectivity index (χ1v) is 15.0. The summed E-state index contributed by atoms with van der Waals surface area (Å²) in [5.74, 6) is -0.227. The minimum atomic E-state index is -0.664. The van der Waals surface area contributed by atoms with E-state index in [2.05, 4.69) is 28.9 Å². The molecule has 8 nitrogen and oxygen atoms in total. The van der Waals surface area contributed by atoms with Crippen LogP contribution < -0.4 is 16.4 Å². The average molecular weight is 548 g/mol. The molecule has 0 aliphatic heterocycles. The van der Waals surface area contributed by atoms with Crippen molar-refractivity contribution >= 4 is 46.3 Å². The Kier molecular flexibility index (Phi) is 10.9. The summed E-state index contributed by atoms with van der Waals surface area (Å²) in [6, 6.07) is 3.33. The van der Waals surface area contributed by atoms with Crippen molar-refractivity contribution in [3.05, 3.63) is 33.0 Å². The maximum Gasteiger partial charge on any atom is 0.273 e. The number of amides is 3. The fourth-order valence-electron chi connectivity index (χ4n) is 4.56. The zero-order valence-corrected chi connectivity index (χ0v) is 24.1. The van der Waals surface area contributed by atoms with Crippen molar-refractivity contribution < 1.29 is 14.4 Å². The number of hydrogen-bond donors (Lipinski definition) is 3. The fourth-order valence-corrected chi connectivity index (χ4v) is 6.02. The van der Waals surface area contributed by atoms with Gasteiger partial charge in [-0.1, -0.05) is 53.0 Å². The molecule has 1 fully saturated rings. The number of nitrogen functional groups attached to an aromatic ring is 1. The number of aromatic nitrogens is 1. The fraction of sp³-hybridized carbons (Fsp3) is 0.630. The molecule has 2 aromatic rings. The van der Waals surface area contributed by atoms with Crippen LogP contribution in [0.3, 0.4) is 0 Å². The Labute approximate surface area is 228 Å². The first-order valence-electron chi connectivity index (χ1n) is 13.3. The van der Waals surface area contributed by atoms with Crippen molar-refractivity contribution in [3.8, 4) is 0 Å². The molecule has 2 heterocycles. The minimum Gasteiger partial charge on any atom is -0.395 e. The van der Waals surface area contributed by atoms with Gasteiger partial charge in [0, 0.05) is 17.5 Å². The molecule has 0 aromatic carbocycles. The first kappa shape index (κ1) is 29.1. The molecule has 37 heavy (non-hydrogen) atoms. The quantitative estimate of drug-likeness (QED) is 0.343. The van der Waals surface area contributed by atoms with Crippen LogP contribution in [0.5, 0.6) is 0 Å². The summed E-state index contributed by atoms with van der Waals surface area (Å²) < 4.78 is 4.27. The molecular weight excluding hydrogens is 506 g/mol. The number of nitrogens with two attached hydrogens (primary N) is 1. The molecule has 1 saturated carbocycles. The van der Waals surface area contributed by atoms with Gasteiger partial charge in [-0.05, 0) is 60.5 Å². The number of anilines is 1. The van der Waals surface area contributed by atoms with E-state index in [4.69, 9.17) is 5.73 Å². The highest BCUT2D eigenvalue weighted by atomic mass is 32.1. The number of carbonyl (C=O) groups is 3. The standard InChI is InChI=1S/C27H41N5O3S2/c1-17(2)12-13-29-25(33)21(15-18(3)4)32(16-20-11-8-14-36-20)27(35)24-22(28)23(31-37-24)26(34)30-19-9-6-5-7-10-19/h8,11,14,17-19,21H,5-7,9-10,12-13,15-16,28H2,1-4H3,(H,29,33)(H,30,34)/t21-/m1/s1. The van der Waals surface area contributed by atoms with Crippen LogP contribution in [0.4, 0.5) is 5.69 Å². The van der Waals surface area contributed by atoms with Crippen LogP contribution >= 0.6 is 22.9 Å². The molecule has 0 radical (unpaired) electrons. The van der Waals surface area contributed by atoms with Crippen molar-refractivity contribution in [3.63, 3.8) is 0 Å². The monoisotopic (exact) mass is 547 g/mol. The van der Waals surface area contributed by atoms with Gasteiger partial charge in [0.15, 0.2) is 5.69 Å². The maximum absolute atomic E-state index is 13.9. The molecule has 10 heteroatoms. The topological polar surface area (TPSA) is 117 Å². The normalized spacial score (nSPS) is 15.1. The molecule has 1 aliphatic carbocycles. The Balaban J connectivity index is 1.86. The average Bonchev–Trinajstić information content (AvgIpc) is 3.50. The lowest BCUT2D eigenvalue weighted by molar-refractivity contribution is -0.126. The summed E-state index contributed by atoms with van der Waals surface area (Å²) in [6.45, 7) is 9.14. The number of nitrogens with zero attached hydrogens (tertiary/aromatic N) is 2. The second-order valence-electron chi connectivity index (χ2n) is 10.7. The predicted octanol–water partition coefficient (Wildman–Crippen LogP) is 5.07. The van der Waals surface area contributed by atoms with Gasteiger partial charge in [0.1, 0.15) is 10.9 Å². The number of carbonyl (C=O) groups excluding carboxylic acids is 3. The van der Waals surface area contributed by atoms with E-state index in [1.54, 1.807) is 4.90 Å². The zero-order valence-electron chi connectivity index (χ0n) is 22.4. The van der Waals surface area contributed by atoms with E-state index in [1.807, 2.05) is 31.4 Å². The molecular formula is C27H41N5O3S2. The Morgan fingerprint density at radius 2 is 1.86 bits per heavy atom. The molecule has 1 aliphatic rings. The Bertz CT molecular complexity index is 1030. The van der Waals surface area contributed by atoms with Crippen LogP contribution in [0.2, 0.25) is 0 Å². The maximum atomic E-state index is 13.9. The molecule has 3 rings (SSSR count). The lowest BCUT2D eigenvalue weighted by Gasteiger charge is -2.31. The highest BCUT2D eigenvalue weighted by Gasteiger charge is 2.34. The highest BCUT2D eigenvalue weighted by molar-refractivity contribution is 7.10. The number of hydrogen-bond acceptors (Lipinski definition) is 7. The third kappa shape index (κ3) is 8.26. The van der Waals surface area contributed by atoms with Gasteiger partial charge in [-0.2, -0.15) is 4.37 Å². The first-order chi connectivity index (χ1) is 17.7. The summed E-state index contributed by atoms with van der Waals surface area (Å²) >= 11 is 2.46. The van der Waals surface area contributed by atoms with E-state index in [9.17, 15) is 14.4 Å². The molecule has 0 unspecified atom stereocenters. The van der Waals surface area contributed by atoms with Crippen molar-refractivity contribution in [2.45, 2.75) is 91.3 Å². The molecule has 0 bridgehead atoms. The van der Waals surface area contributed by atoms with Crippen LogP contribution in [0.15, 0.2) is 17.5 Å². The summed E-state index contributed by atoms with van der Waals surface area (Å²) in [5.41, 5.74) is 6.53. The van der Waals surface area contributed by atoms with Crippen LogP contribution in [0, 0.1) is 11.8 Å². The summed E-state index contributed by atoms with van der Waals surface area (Å²) in [7, 11) is 0. The Morgan fingerprint density at radius 3 is 2.49 bits per heavy atom. The molecule has 0 spiro atoms. The van der Waals surface area contributed by atoms with E-state index in [1.165, 1.54) is 17.8 Å². The van der Waals surface area contributed by atoms with E-state index in [0.29, 0.717) is 18.9 Å². The molecule has 0 saturated heterocycles. The largest absolute Gasteiger partial charge is 0.395 e. The molecule has 3 amide bonds. The Morgan fingerprint density at radius 1 is 1.14 bits per heavy atom. The van der Waals surface area contributed by atoms with Gasteiger partial charge in [-0.15, -0.1) is 11.3 Å². The second-order valence-corrected chi connectivity index (χ2v) is 12.5. The Hall–Kier alpha value is -2.46. The van der Waals surface area contributed by atoms with Crippen molar-refractivity contribution in [1.82, 2.24) is 19.9 Å². The van der Waals surface area contributed by atoms with E-state index < -0.39 is 6.04 Å². The number of nitrogens with one attached hydrogen (secondary N) is 2. The molecule has 2 aromatic heterocycles. The van der Waals surface area contributed by atoms with Crippen LogP contribution in [0.25, 0.3) is 0 Å². The summed E-state index contributed by atoms with van der Waals surface area (Å²) in [4.78, 5) is 43.0. The van der Waals surface area contributed by atoms with Crippen molar-refractivity contribution in [2.24, 2.45) is 11.8 Å². The molecule has 204 valence electrons. The highest BCUT2D eigenvalue weighted by Crippen LogP contribution is 2.28. The second kappa shape index (κ2) is 13.9. The number of rotatable bonds is 12. The van der Waals surface area contributed by atoms with Gasteiger partial charge in [-0.3, -0.25) is 14.4 Å². The van der Waals surface area contributed by atoms with Gasteiger partial charge in [-0.25, -0.2) is 0 Å². The smallest absolute Gasteiger partial charge is 0.273 e. The van der Waals surface area contributed by atoms with Crippen LogP contribution in [-0.2, 0) is 11.3 Å². The SMILES string of the molecule is CC(C)CCNC(=O)[C@@H](CC(C)C)N(Cc1cccs1)C(=O)c1snc(C(=O)NC2CCCCC2)c1N. The van der Waals surface area contributed by atoms with Crippen molar-refractivity contribution in [1.29, 1.82) is 0 Å². The molecule has 4 N–H and O–H groups in total. The van der Waals surface area contributed by atoms with Gasteiger partial charge >= 0.3 is 0 Å². The van der Waals surface area contributed by atoms with Crippen LogP contribution in [0.1, 0.15) is 97.7 Å². The van der Waals surface area contributed by atoms with Gasteiger partial charge in [0.2, 0.25) is 5.91 Å². The van der Waals surface area contributed by atoms with Crippen LogP contribution in [-0.4, -0.2) is 45.6 Å². The van der Waals surface area contributed by atoms with Crippen molar-refractivity contribution in [2.75, 3.05) is 12.3 Å². The van der Waals surface area contributed by atoms with Gasteiger partial charge < -0.3 is 21.3 Å². The zero-order chi connectivity index (χ0) is 26.9. The van der Waals surface area contributed by atoms with E-state index in [0.717, 1.165) is 48.5 Å². The van der Waals surface area contributed by atoms with Gasteiger partial charge in [0.25, 0.3) is 11.8 Å². The van der Waals surface area contributed by atoms with E-state index >= 15 is 0 Å². The number of thiophene rings is 1.